The number of nitrogen functional groups attached to an aromatic ring is 1. The minimum Gasteiger partial charge on any atom is -0.369 e. The topological polar surface area (TPSA) is 73.8 Å². The van der Waals surface area contributed by atoms with Crippen LogP contribution in [0.2, 0.25) is 0 Å². The third-order valence-corrected chi connectivity index (χ3v) is 4.27. The molecule has 0 saturated carbocycles. The molecule has 2 aromatic heterocycles. The zero-order valence-electron chi connectivity index (χ0n) is 9.96. The number of imidazole rings is 1. The predicted molar refractivity (Wildman–Crippen MR) is 70.1 cm³/mol. The number of aryl methyl sites for hydroxylation is 1. The van der Waals surface area contributed by atoms with Crippen LogP contribution in [-0.2, 0) is 17.3 Å². The molecule has 5 nitrogen and oxygen atoms in total. The normalized spacial score (nSPS) is 14.9. The Labute approximate surface area is 103 Å². The van der Waals surface area contributed by atoms with Gasteiger partial charge >= 0.3 is 0 Å². The van der Waals surface area contributed by atoms with E-state index in [9.17, 15) is 4.21 Å². The summed E-state index contributed by atoms with van der Waals surface area (Å²) >= 11 is 0. The highest BCUT2D eigenvalue weighted by atomic mass is 32.2. The van der Waals surface area contributed by atoms with Crippen molar-refractivity contribution in [1.29, 1.82) is 0 Å². The van der Waals surface area contributed by atoms with Crippen LogP contribution < -0.4 is 5.73 Å². The van der Waals surface area contributed by atoms with Crippen LogP contribution in [-0.4, -0.2) is 30.2 Å². The lowest BCUT2D eigenvalue weighted by atomic mass is 10.3. The quantitative estimate of drug-likeness (QED) is 0.886. The molecule has 0 aliphatic heterocycles. The van der Waals surface area contributed by atoms with Crippen molar-refractivity contribution in [3.8, 4) is 0 Å². The molecule has 0 aliphatic carbocycles. The molecule has 0 aromatic carbocycles. The number of aromatic nitrogens is 3. The van der Waals surface area contributed by atoms with Crippen LogP contribution >= 0.6 is 0 Å². The van der Waals surface area contributed by atoms with Gasteiger partial charge in [-0.25, -0.2) is 4.98 Å². The van der Waals surface area contributed by atoms with Gasteiger partial charge in [0.15, 0.2) is 0 Å². The lowest BCUT2D eigenvalue weighted by Gasteiger charge is -2.10. The van der Waals surface area contributed by atoms with Gasteiger partial charge in [-0.15, -0.1) is 0 Å². The van der Waals surface area contributed by atoms with E-state index in [0.29, 0.717) is 5.95 Å². The first-order chi connectivity index (χ1) is 8.09. The first-order valence-corrected chi connectivity index (χ1v) is 7.09. The van der Waals surface area contributed by atoms with Crippen molar-refractivity contribution >= 4 is 27.8 Å². The van der Waals surface area contributed by atoms with Crippen LogP contribution in [0.3, 0.4) is 0 Å². The lowest BCUT2D eigenvalue weighted by molar-refractivity contribution is 0.633. The molecule has 2 N–H and O–H groups in total. The second-order valence-electron chi connectivity index (χ2n) is 4.08. The Morgan fingerprint density at radius 2 is 2.35 bits per heavy atom. The van der Waals surface area contributed by atoms with Gasteiger partial charge in [0.25, 0.3) is 0 Å². The fourth-order valence-electron chi connectivity index (χ4n) is 1.71. The second kappa shape index (κ2) is 4.83. The van der Waals surface area contributed by atoms with E-state index >= 15 is 0 Å². The van der Waals surface area contributed by atoms with Crippen LogP contribution in [0.4, 0.5) is 5.95 Å². The van der Waals surface area contributed by atoms with Gasteiger partial charge < -0.3 is 10.3 Å². The molecule has 0 fully saturated rings. The predicted octanol–water partition coefficient (Wildman–Crippen LogP) is 1.17. The molecule has 92 valence electrons. The summed E-state index contributed by atoms with van der Waals surface area (Å²) in [5.41, 5.74) is 7.64. The van der Waals surface area contributed by atoms with E-state index in [4.69, 9.17) is 5.73 Å². The average Bonchev–Trinajstić information content (AvgIpc) is 2.61. The van der Waals surface area contributed by atoms with E-state index in [0.717, 1.165) is 24.0 Å². The van der Waals surface area contributed by atoms with Crippen molar-refractivity contribution in [1.82, 2.24) is 14.5 Å². The van der Waals surface area contributed by atoms with Crippen molar-refractivity contribution in [3.63, 3.8) is 0 Å². The molecule has 0 saturated heterocycles. The average molecular weight is 252 g/mol. The molecular formula is C11H16N4OS. The van der Waals surface area contributed by atoms with E-state index in [2.05, 4.69) is 9.97 Å². The van der Waals surface area contributed by atoms with Gasteiger partial charge in [-0.1, -0.05) is 6.92 Å². The van der Waals surface area contributed by atoms with Gasteiger partial charge in [0.1, 0.15) is 5.52 Å². The van der Waals surface area contributed by atoms with Crippen molar-refractivity contribution in [2.45, 2.75) is 25.1 Å². The number of hydrogen-bond acceptors (Lipinski definition) is 4. The number of nitrogens with two attached hydrogens (primary N) is 1. The first-order valence-electron chi connectivity index (χ1n) is 5.47. The Balaban J connectivity index is 2.23. The molecular weight excluding hydrogens is 236 g/mol. The number of pyridine rings is 1. The zero-order valence-corrected chi connectivity index (χ0v) is 10.8. The SMILES string of the molecule is CC(CCn1c(N)nc2cnccc21)S(C)=O. The van der Waals surface area contributed by atoms with Gasteiger partial charge in [-0.05, 0) is 12.5 Å². The Bertz CT molecular complexity index is 551. The number of anilines is 1. The third-order valence-electron chi connectivity index (χ3n) is 2.91. The molecule has 6 heteroatoms. The fraction of sp³-hybridized carbons (Fsp3) is 0.455. The monoisotopic (exact) mass is 252 g/mol. The number of rotatable bonds is 4. The highest BCUT2D eigenvalue weighted by molar-refractivity contribution is 7.84. The first kappa shape index (κ1) is 12.0. The highest BCUT2D eigenvalue weighted by Crippen LogP contribution is 2.17. The molecule has 2 unspecified atom stereocenters. The summed E-state index contributed by atoms with van der Waals surface area (Å²) in [6.45, 7) is 2.71. The molecule has 0 aliphatic rings. The second-order valence-corrected chi connectivity index (χ2v) is 5.89. The van der Waals surface area contributed by atoms with Crippen LogP contribution in [0.15, 0.2) is 18.5 Å². The molecule has 0 spiro atoms. The summed E-state index contributed by atoms with van der Waals surface area (Å²) in [7, 11) is -0.799. The molecule has 2 rings (SSSR count). The van der Waals surface area contributed by atoms with E-state index in [1.165, 1.54) is 0 Å². The van der Waals surface area contributed by atoms with Crippen molar-refractivity contribution < 1.29 is 4.21 Å². The minimum absolute atomic E-state index is 0.161. The maximum Gasteiger partial charge on any atom is 0.201 e. The van der Waals surface area contributed by atoms with Gasteiger partial charge in [0.2, 0.25) is 5.95 Å². The molecule has 0 amide bonds. The zero-order chi connectivity index (χ0) is 12.4. The van der Waals surface area contributed by atoms with Crippen molar-refractivity contribution in [2.24, 2.45) is 0 Å². The van der Waals surface area contributed by atoms with Crippen molar-refractivity contribution in [3.05, 3.63) is 18.5 Å². The molecule has 2 atom stereocenters. The molecule has 2 aromatic rings. The van der Waals surface area contributed by atoms with Gasteiger partial charge in [0, 0.05) is 35.0 Å². The van der Waals surface area contributed by atoms with E-state index in [1.807, 2.05) is 17.6 Å². The van der Waals surface area contributed by atoms with E-state index in [1.54, 1.807) is 18.6 Å². The number of nitrogens with zero attached hydrogens (tertiary/aromatic N) is 3. The molecule has 0 bridgehead atoms. The van der Waals surface area contributed by atoms with Crippen LogP contribution in [0, 0.1) is 0 Å². The van der Waals surface area contributed by atoms with Crippen LogP contribution in [0.1, 0.15) is 13.3 Å². The van der Waals surface area contributed by atoms with Crippen LogP contribution in [0.25, 0.3) is 11.0 Å². The third kappa shape index (κ3) is 2.46. The number of hydrogen-bond donors (Lipinski definition) is 1. The summed E-state index contributed by atoms with van der Waals surface area (Å²) in [5.74, 6) is 0.488. The highest BCUT2D eigenvalue weighted by Gasteiger charge is 2.11. The molecule has 0 radical (unpaired) electrons. The maximum atomic E-state index is 11.3. The molecule has 17 heavy (non-hydrogen) atoms. The number of fused-ring (bicyclic) bond motifs is 1. The van der Waals surface area contributed by atoms with E-state index < -0.39 is 10.8 Å². The Morgan fingerprint density at radius 1 is 1.59 bits per heavy atom. The maximum absolute atomic E-state index is 11.3. The minimum atomic E-state index is -0.799. The Hall–Kier alpha value is -1.43. The summed E-state index contributed by atoms with van der Waals surface area (Å²) in [6, 6.07) is 1.90. The standard InChI is InChI=1S/C11H16N4OS/c1-8(17(2)16)4-6-15-10-3-5-13-7-9(10)14-11(15)12/h3,5,7-8H,4,6H2,1-2H3,(H2,12,14). The summed E-state index contributed by atoms with van der Waals surface area (Å²) in [6.07, 6.45) is 5.97. The fourth-order valence-corrected chi connectivity index (χ4v) is 2.15. The Morgan fingerprint density at radius 3 is 3.06 bits per heavy atom. The largest absolute Gasteiger partial charge is 0.369 e. The lowest BCUT2D eigenvalue weighted by Crippen LogP contribution is -2.13. The van der Waals surface area contributed by atoms with E-state index in [-0.39, 0.29) is 5.25 Å². The molecule has 2 heterocycles. The summed E-state index contributed by atoms with van der Waals surface area (Å²) in [5, 5.41) is 0.161. The van der Waals surface area contributed by atoms with Crippen molar-refractivity contribution in [2.75, 3.05) is 12.0 Å². The van der Waals surface area contributed by atoms with Crippen LogP contribution in [0.5, 0.6) is 0 Å². The Kier molecular flexibility index (Phi) is 3.42. The van der Waals surface area contributed by atoms with Gasteiger partial charge in [0.05, 0.1) is 11.7 Å². The van der Waals surface area contributed by atoms with Gasteiger partial charge in [-0.2, -0.15) is 0 Å². The summed E-state index contributed by atoms with van der Waals surface area (Å²) in [4.78, 5) is 8.25. The smallest absolute Gasteiger partial charge is 0.201 e. The summed E-state index contributed by atoms with van der Waals surface area (Å²) < 4.78 is 13.2. The van der Waals surface area contributed by atoms with Gasteiger partial charge in [-0.3, -0.25) is 9.19 Å².